The second-order valence-electron chi connectivity index (χ2n) is 10.7. The molecule has 6 aliphatic carbocycles. The first-order valence-electron chi connectivity index (χ1n) is 11.4. The summed E-state index contributed by atoms with van der Waals surface area (Å²) in [5.41, 5.74) is 0.0554. The summed E-state index contributed by atoms with van der Waals surface area (Å²) in [5.74, 6) is 12.6. The molecule has 6 fully saturated rings. The van der Waals surface area contributed by atoms with Crippen molar-refractivity contribution in [1.82, 2.24) is 0 Å². The van der Waals surface area contributed by atoms with Gasteiger partial charge < -0.3 is 0 Å². The van der Waals surface area contributed by atoms with Gasteiger partial charge in [0.05, 0.1) is 10.5 Å². The lowest BCUT2D eigenvalue weighted by Crippen LogP contribution is -2.47. The number of allylic oxidation sites excluding steroid dienone is 2. The molecule has 0 N–H and O–H groups in total. The molecule has 0 amide bonds. The molecule has 8 rings (SSSR count). The molecular weight excluding hydrogens is 388 g/mol. The van der Waals surface area contributed by atoms with E-state index < -0.39 is 0 Å². The van der Waals surface area contributed by atoms with Gasteiger partial charge in [-0.1, -0.05) is 26.0 Å². The van der Waals surface area contributed by atoms with Gasteiger partial charge in [-0.15, -0.1) is 23.5 Å². The highest BCUT2D eigenvalue weighted by Gasteiger charge is 2.61. The van der Waals surface area contributed by atoms with Crippen LogP contribution < -0.4 is 0 Å². The molecule has 10 radical (unpaired) electrons. The molecule has 2 heteroatoms. The van der Waals surface area contributed by atoms with Crippen LogP contribution in [0.4, 0.5) is 0 Å². The third-order valence-electron chi connectivity index (χ3n) is 8.81. The first-order chi connectivity index (χ1) is 14.1. The molecule has 6 saturated carbocycles. The van der Waals surface area contributed by atoms with Gasteiger partial charge in [-0.3, -0.25) is 0 Å². The molecule has 0 aromatic rings. The maximum absolute atomic E-state index is 2.61. The lowest BCUT2D eigenvalue weighted by molar-refractivity contribution is -0.0267. The Kier molecular flexibility index (Phi) is 4.26. The van der Waals surface area contributed by atoms with Crippen LogP contribution in [-0.2, 0) is 0 Å². The topological polar surface area (TPSA) is 0 Å². The maximum Gasteiger partial charge on any atom is 0.0557 e. The summed E-state index contributed by atoms with van der Waals surface area (Å²) >= 11 is 3.85. The molecule has 29 heavy (non-hydrogen) atoms. The van der Waals surface area contributed by atoms with Gasteiger partial charge in [0.1, 0.15) is 0 Å². The van der Waals surface area contributed by atoms with Gasteiger partial charge in [-0.25, -0.2) is 0 Å². The average molecular weight is 417 g/mol. The Bertz CT molecular complexity index is 681. The van der Waals surface area contributed by atoms with E-state index in [-0.39, 0.29) is 5.41 Å². The van der Waals surface area contributed by atoms with Crippen LogP contribution >= 0.6 is 23.5 Å². The van der Waals surface area contributed by atoms with E-state index in [4.69, 9.17) is 0 Å². The first kappa shape index (κ1) is 18.7. The highest BCUT2D eigenvalue weighted by molar-refractivity contribution is 8.07. The molecule has 0 spiro atoms. The zero-order valence-corrected chi connectivity index (χ0v) is 18.9. The highest BCUT2D eigenvalue weighted by atomic mass is 32.2. The van der Waals surface area contributed by atoms with Crippen LogP contribution in [0.5, 0.6) is 0 Å². The molecule has 0 unspecified atom stereocenters. The van der Waals surface area contributed by atoms with Gasteiger partial charge in [0.2, 0.25) is 0 Å². The molecule has 0 atom stereocenters. The van der Waals surface area contributed by atoms with Gasteiger partial charge in [-0.05, 0) is 109 Å². The van der Waals surface area contributed by atoms with Crippen LogP contribution in [0.2, 0.25) is 0 Å². The SMILES string of the molecule is CC(C)([C]1[CH][CH][C](C2C3CC4CC(C3)CC2C4)[CH]1)[C]1[C]2SC=C[C]2[C]2C=CS[C]21. The van der Waals surface area contributed by atoms with Gasteiger partial charge in [0.25, 0.3) is 0 Å². The van der Waals surface area contributed by atoms with Crippen molar-refractivity contribution in [2.45, 2.75) is 46.0 Å². The molecule has 8 aliphatic rings. The van der Waals surface area contributed by atoms with E-state index in [2.05, 4.69) is 56.1 Å². The fourth-order valence-electron chi connectivity index (χ4n) is 7.77. The Hall–Kier alpha value is 0.180. The van der Waals surface area contributed by atoms with Crippen LogP contribution in [0.3, 0.4) is 0 Å². The van der Waals surface area contributed by atoms with Gasteiger partial charge in [-0.2, -0.15) is 0 Å². The Balaban J connectivity index is 1.11. The largest absolute Gasteiger partial charge is 0.124 e. The summed E-state index contributed by atoms with van der Waals surface area (Å²) < 4.78 is 0. The fourth-order valence-corrected chi connectivity index (χ4v) is 10.1. The van der Waals surface area contributed by atoms with Crippen molar-refractivity contribution < 1.29 is 0 Å². The van der Waals surface area contributed by atoms with E-state index in [1.54, 1.807) is 18.3 Å². The molecule has 0 saturated heterocycles. The predicted octanol–water partition coefficient (Wildman–Crippen LogP) is 7.18. The second kappa shape index (κ2) is 6.60. The summed E-state index contributed by atoms with van der Waals surface area (Å²) in [4.78, 5) is 0. The summed E-state index contributed by atoms with van der Waals surface area (Å²) in [7, 11) is 0. The molecule has 148 valence electrons. The van der Waals surface area contributed by atoms with Crippen molar-refractivity contribution in [3.63, 3.8) is 0 Å². The summed E-state index contributed by atoms with van der Waals surface area (Å²) in [6.07, 6.45) is 19.8. The van der Waals surface area contributed by atoms with Crippen molar-refractivity contribution in [3.05, 3.63) is 82.3 Å². The maximum atomic E-state index is 2.61. The number of fused-ring (bicyclic) bond motifs is 3. The Morgan fingerprint density at radius 3 is 1.97 bits per heavy atom. The van der Waals surface area contributed by atoms with E-state index >= 15 is 0 Å². The molecule has 0 aromatic heterocycles. The highest BCUT2D eigenvalue weighted by Crippen LogP contribution is 2.73. The lowest BCUT2D eigenvalue weighted by Gasteiger charge is -2.56. The standard InChI is InChI=1S/C27H28S2/c1-27(2,24-25-21(5-7-28-25)22-6-8-29-26(22)24)20-4-3-17(14-20)23-18-10-15-9-16(12-18)13-19(23)11-15/h3-8,14-16,18-19,23H,9-13H2,1-2H3. The molecule has 4 bridgehead atoms. The monoisotopic (exact) mass is 416 g/mol. The Morgan fingerprint density at radius 2 is 1.38 bits per heavy atom. The summed E-state index contributed by atoms with van der Waals surface area (Å²) in [6, 6.07) is 0. The summed E-state index contributed by atoms with van der Waals surface area (Å²) in [6.45, 7) is 4.91. The molecular formula is C27H28S2. The van der Waals surface area contributed by atoms with Gasteiger partial charge >= 0.3 is 0 Å². The molecule has 0 nitrogen and oxygen atoms in total. The number of rotatable bonds is 3. The second-order valence-corrected chi connectivity index (χ2v) is 12.5. The Morgan fingerprint density at radius 1 is 0.793 bits per heavy atom. The van der Waals surface area contributed by atoms with Crippen molar-refractivity contribution in [3.8, 4) is 0 Å². The van der Waals surface area contributed by atoms with Crippen molar-refractivity contribution in [1.29, 1.82) is 0 Å². The van der Waals surface area contributed by atoms with Crippen LogP contribution in [0, 0.1) is 94.4 Å². The van der Waals surface area contributed by atoms with E-state index in [0.29, 0.717) is 0 Å². The Labute approximate surface area is 186 Å². The van der Waals surface area contributed by atoms with Crippen molar-refractivity contribution in [2.75, 3.05) is 0 Å². The minimum atomic E-state index is 0.0554. The van der Waals surface area contributed by atoms with Gasteiger partial charge in [0, 0.05) is 17.8 Å². The van der Waals surface area contributed by atoms with Crippen LogP contribution in [-0.4, -0.2) is 0 Å². The smallest absolute Gasteiger partial charge is 0.0557 e. The van der Waals surface area contributed by atoms with Crippen LogP contribution in [0.25, 0.3) is 0 Å². The average Bonchev–Trinajstić information content (AvgIpc) is 3.43. The van der Waals surface area contributed by atoms with E-state index in [9.17, 15) is 0 Å². The van der Waals surface area contributed by atoms with E-state index in [0.717, 1.165) is 29.6 Å². The van der Waals surface area contributed by atoms with Crippen molar-refractivity contribution >= 4 is 23.5 Å². The summed E-state index contributed by atoms with van der Waals surface area (Å²) in [5, 5.41) is 7.56. The van der Waals surface area contributed by atoms with Crippen LogP contribution in [0.15, 0.2) is 23.0 Å². The van der Waals surface area contributed by atoms with Crippen LogP contribution in [0.1, 0.15) is 46.0 Å². The number of thioether (sulfide) groups is 2. The molecule has 2 aliphatic heterocycles. The van der Waals surface area contributed by atoms with Crippen molar-refractivity contribution in [2.24, 2.45) is 35.0 Å². The first-order valence-corrected chi connectivity index (χ1v) is 13.2. The zero-order chi connectivity index (χ0) is 19.3. The van der Waals surface area contributed by atoms with E-state index in [1.165, 1.54) is 53.9 Å². The van der Waals surface area contributed by atoms with Gasteiger partial charge in [0.15, 0.2) is 0 Å². The minimum absolute atomic E-state index is 0.0554. The molecule has 0 aromatic carbocycles. The third-order valence-corrected chi connectivity index (χ3v) is 10.7. The third kappa shape index (κ3) is 2.66. The fraction of sp³-hybridized carbons (Fsp3) is 0.481. The quantitative estimate of drug-likeness (QED) is 0.478. The number of hydrogen-bond acceptors (Lipinski definition) is 2. The van der Waals surface area contributed by atoms with E-state index in [1.807, 2.05) is 23.5 Å². The number of hydrogen-bond donors (Lipinski definition) is 0. The zero-order valence-electron chi connectivity index (χ0n) is 17.3. The normalized spacial score (nSPS) is 44.0. The molecule has 2 heterocycles. The predicted molar refractivity (Wildman–Crippen MR) is 123 cm³/mol. The minimum Gasteiger partial charge on any atom is -0.124 e. The lowest BCUT2D eigenvalue weighted by atomic mass is 9.49.